The summed E-state index contributed by atoms with van der Waals surface area (Å²) in [6.07, 6.45) is 0. The summed E-state index contributed by atoms with van der Waals surface area (Å²) in [5.41, 5.74) is -4.97. The fourth-order valence-corrected chi connectivity index (χ4v) is 3.32. The molecule has 0 saturated heterocycles. The Kier molecular flexibility index (Phi) is 5.20. The number of nitrogens with zero attached hydrogens (tertiary/aromatic N) is 1. The van der Waals surface area contributed by atoms with Gasteiger partial charge in [-0.2, -0.15) is 21.6 Å². The van der Waals surface area contributed by atoms with Crippen LogP contribution in [0.2, 0.25) is 0 Å². The first kappa shape index (κ1) is 21.2. The van der Waals surface area contributed by atoms with Crippen LogP contribution in [0.5, 0.6) is 0 Å². The summed E-state index contributed by atoms with van der Waals surface area (Å²) in [4.78, 5) is 23.6. The molecule has 0 fully saturated rings. The summed E-state index contributed by atoms with van der Waals surface area (Å²) in [5.74, 6) is -1.75. The van der Waals surface area contributed by atoms with Gasteiger partial charge in [-0.25, -0.2) is 4.79 Å². The lowest BCUT2D eigenvalue weighted by Crippen LogP contribution is -2.29. The van der Waals surface area contributed by atoms with E-state index >= 15 is 0 Å². The third kappa shape index (κ3) is 4.08. The van der Waals surface area contributed by atoms with Crippen molar-refractivity contribution in [2.24, 2.45) is 7.05 Å². The summed E-state index contributed by atoms with van der Waals surface area (Å²) in [6, 6.07) is 10.6. The highest BCUT2D eigenvalue weighted by molar-refractivity contribution is 7.93. The maximum absolute atomic E-state index is 12.6. The molecule has 0 spiro atoms. The monoisotopic (exact) mass is 441 g/mol. The Morgan fingerprint density at radius 2 is 1.73 bits per heavy atom. The zero-order valence-corrected chi connectivity index (χ0v) is 16.0. The molecule has 0 aliphatic carbocycles. The molecule has 0 saturated carbocycles. The molecule has 0 aliphatic rings. The van der Waals surface area contributed by atoms with Crippen LogP contribution in [0.1, 0.15) is 20.8 Å². The molecular weight excluding hydrogens is 427 g/mol. The zero-order valence-electron chi connectivity index (χ0n) is 15.2. The van der Waals surface area contributed by atoms with E-state index in [9.17, 15) is 31.2 Å². The van der Waals surface area contributed by atoms with Crippen LogP contribution in [0.3, 0.4) is 0 Å². The second-order valence-electron chi connectivity index (χ2n) is 6.25. The first-order chi connectivity index (χ1) is 13.9. The topological polar surface area (TPSA) is 118 Å². The molecule has 8 nitrogen and oxygen atoms in total. The minimum Gasteiger partial charge on any atom is -0.478 e. The number of anilines is 2. The van der Waals surface area contributed by atoms with Crippen LogP contribution in [0.25, 0.3) is 10.9 Å². The van der Waals surface area contributed by atoms with Crippen LogP contribution < -0.4 is 10.0 Å². The van der Waals surface area contributed by atoms with Crippen molar-refractivity contribution >= 4 is 44.2 Å². The number of aromatic carboxylic acids is 1. The third-order valence-corrected chi connectivity index (χ3v) is 5.31. The summed E-state index contributed by atoms with van der Waals surface area (Å²) in [6.45, 7) is 0. The van der Waals surface area contributed by atoms with Crippen molar-refractivity contribution in [2.45, 2.75) is 5.51 Å². The number of halogens is 3. The van der Waals surface area contributed by atoms with E-state index in [-0.39, 0.29) is 22.6 Å². The van der Waals surface area contributed by atoms with E-state index in [2.05, 4.69) is 5.32 Å². The number of amides is 1. The fourth-order valence-electron chi connectivity index (χ4n) is 2.77. The molecule has 1 aromatic heterocycles. The lowest BCUT2D eigenvalue weighted by Gasteiger charge is -2.10. The number of carbonyl (C=O) groups excluding carboxylic acids is 1. The van der Waals surface area contributed by atoms with Crippen molar-refractivity contribution in [3.05, 3.63) is 59.8 Å². The molecule has 0 aliphatic heterocycles. The Bertz CT molecular complexity index is 1270. The molecule has 3 N–H and O–H groups in total. The van der Waals surface area contributed by atoms with Crippen LogP contribution in [-0.4, -0.2) is 35.5 Å². The third-order valence-electron chi connectivity index (χ3n) is 4.20. The zero-order chi connectivity index (χ0) is 22.3. The minimum atomic E-state index is -5.57. The number of benzene rings is 2. The van der Waals surface area contributed by atoms with Gasteiger partial charge in [0, 0.05) is 29.3 Å². The highest BCUT2D eigenvalue weighted by atomic mass is 32.2. The minimum absolute atomic E-state index is 0.0218. The van der Waals surface area contributed by atoms with Gasteiger partial charge in [0.2, 0.25) is 0 Å². The largest absolute Gasteiger partial charge is 0.516 e. The van der Waals surface area contributed by atoms with Crippen molar-refractivity contribution in [2.75, 3.05) is 10.0 Å². The van der Waals surface area contributed by atoms with Gasteiger partial charge in [0.05, 0.1) is 5.56 Å². The normalized spacial score (nSPS) is 12.0. The van der Waals surface area contributed by atoms with Crippen LogP contribution in [0.4, 0.5) is 24.5 Å². The SMILES string of the molecule is Cn1c(C(=O)Nc2cccc(C(=O)O)c2)cc2cc(NS(=O)(=O)C(F)(F)F)ccc21. The van der Waals surface area contributed by atoms with Crippen molar-refractivity contribution in [1.82, 2.24) is 4.57 Å². The molecule has 1 heterocycles. The van der Waals surface area contributed by atoms with E-state index in [0.29, 0.717) is 10.9 Å². The smallest absolute Gasteiger partial charge is 0.478 e. The van der Waals surface area contributed by atoms with Crippen LogP contribution in [0, 0.1) is 0 Å². The number of hydrogen-bond acceptors (Lipinski definition) is 4. The Morgan fingerprint density at radius 3 is 2.37 bits per heavy atom. The van der Waals surface area contributed by atoms with Gasteiger partial charge in [-0.1, -0.05) is 6.07 Å². The summed E-state index contributed by atoms with van der Waals surface area (Å²) >= 11 is 0. The van der Waals surface area contributed by atoms with Crippen molar-refractivity contribution in [1.29, 1.82) is 0 Å². The Balaban J connectivity index is 1.90. The van der Waals surface area contributed by atoms with Crippen molar-refractivity contribution in [3.63, 3.8) is 0 Å². The predicted octanol–water partition coefficient (Wildman–Crippen LogP) is 3.39. The predicted molar refractivity (Wildman–Crippen MR) is 103 cm³/mol. The summed E-state index contributed by atoms with van der Waals surface area (Å²) < 4.78 is 63.1. The molecule has 158 valence electrons. The van der Waals surface area contributed by atoms with Crippen molar-refractivity contribution < 1.29 is 36.3 Å². The number of alkyl halides is 3. The van der Waals surface area contributed by atoms with E-state index in [1.54, 1.807) is 7.05 Å². The number of carboxylic acids is 1. The van der Waals surface area contributed by atoms with Crippen molar-refractivity contribution in [3.8, 4) is 0 Å². The number of sulfonamides is 1. The highest BCUT2D eigenvalue weighted by Gasteiger charge is 2.46. The van der Waals surface area contributed by atoms with E-state index < -0.39 is 27.4 Å². The average molecular weight is 441 g/mol. The fraction of sp³-hybridized carbons (Fsp3) is 0.111. The lowest BCUT2D eigenvalue weighted by atomic mass is 10.2. The molecule has 0 unspecified atom stereocenters. The van der Waals surface area contributed by atoms with Gasteiger partial charge in [0.25, 0.3) is 5.91 Å². The van der Waals surface area contributed by atoms with Crippen LogP contribution in [0.15, 0.2) is 48.5 Å². The number of fused-ring (bicyclic) bond motifs is 1. The van der Waals surface area contributed by atoms with Gasteiger partial charge >= 0.3 is 21.5 Å². The standard InChI is InChI=1S/C18H14F3N3O5S/c1-24-14-6-5-13(23-30(28,29)18(19,20)21)8-11(14)9-15(24)16(25)22-12-4-2-3-10(7-12)17(26)27/h2-9,23H,1H3,(H,22,25)(H,26,27). The maximum Gasteiger partial charge on any atom is 0.516 e. The van der Waals surface area contributed by atoms with Gasteiger partial charge in [-0.3, -0.25) is 9.52 Å². The van der Waals surface area contributed by atoms with E-state index in [4.69, 9.17) is 5.11 Å². The first-order valence-corrected chi connectivity index (χ1v) is 9.70. The number of nitrogens with one attached hydrogen (secondary N) is 2. The van der Waals surface area contributed by atoms with Crippen LogP contribution in [-0.2, 0) is 17.1 Å². The summed E-state index contributed by atoms with van der Waals surface area (Å²) in [7, 11) is -4.03. The molecule has 3 aromatic rings. The molecule has 30 heavy (non-hydrogen) atoms. The number of carbonyl (C=O) groups is 2. The number of hydrogen-bond donors (Lipinski definition) is 3. The summed E-state index contributed by atoms with van der Waals surface area (Å²) in [5, 5.41) is 11.9. The molecule has 0 radical (unpaired) electrons. The molecule has 2 aromatic carbocycles. The molecule has 12 heteroatoms. The van der Waals surface area contributed by atoms with E-state index in [0.717, 1.165) is 6.07 Å². The second-order valence-corrected chi connectivity index (χ2v) is 7.93. The Labute approximate surface area is 168 Å². The number of carboxylic acid groups (broad SMARTS) is 1. The molecule has 1 amide bonds. The van der Waals surface area contributed by atoms with E-state index in [1.807, 2.05) is 0 Å². The first-order valence-electron chi connectivity index (χ1n) is 8.22. The van der Waals surface area contributed by atoms with Gasteiger partial charge < -0.3 is 15.0 Å². The van der Waals surface area contributed by atoms with Gasteiger partial charge in [-0.05, 0) is 42.5 Å². The number of aryl methyl sites for hydroxylation is 1. The van der Waals surface area contributed by atoms with Crippen LogP contribution >= 0.6 is 0 Å². The number of rotatable bonds is 5. The van der Waals surface area contributed by atoms with E-state index in [1.165, 1.54) is 51.8 Å². The average Bonchev–Trinajstić information content (AvgIpc) is 2.97. The van der Waals surface area contributed by atoms with Gasteiger partial charge in [-0.15, -0.1) is 0 Å². The van der Waals surface area contributed by atoms with Gasteiger partial charge in [0.15, 0.2) is 0 Å². The number of aromatic nitrogens is 1. The molecule has 3 rings (SSSR count). The highest BCUT2D eigenvalue weighted by Crippen LogP contribution is 2.28. The maximum atomic E-state index is 12.6. The quantitative estimate of drug-likeness (QED) is 0.561. The Hall–Kier alpha value is -3.54. The molecular formula is C18H14F3N3O5S. The second kappa shape index (κ2) is 7.37. The Morgan fingerprint density at radius 1 is 1.03 bits per heavy atom. The molecule has 0 atom stereocenters. The molecule has 0 bridgehead atoms. The lowest BCUT2D eigenvalue weighted by molar-refractivity contribution is -0.0429. The van der Waals surface area contributed by atoms with Gasteiger partial charge in [0.1, 0.15) is 5.69 Å².